The molecule has 0 fully saturated rings. The van der Waals surface area contributed by atoms with Crippen LogP contribution in [0.25, 0.3) is 5.65 Å². The maximum Gasteiger partial charge on any atom is 0.265 e. The van der Waals surface area contributed by atoms with E-state index in [0.29, 0.717) is 23.1 Å². The maximum atomic E-state index is 5.90. The van der Waals surface area contributed by atoms with Gasteiger partial charge >= 0.3 is 0 Å². The first-order chi connectivity index (χ1) is 9.67. The fourth-order valence-electron chi connectivity index (χ4n) is 1.88. The number of nitrogens with zero attached hydrogens (tertiary/aromatic N) is 3. The van der Waals surface area contributed by atoms with Crippen LogP contribution in [0.3, 0.4) is 0 Å². The van der Waals surface area contributed by atoms with Crippen molar-refractivity contribution in [1.82, 2.24) is 14.4 Å². The van der Waals surface area contributed by atoms with E-state index in [0.717, 1.165) is 10.0 Å². The zero-order chi connectivity index (χ0) is 14.1. The predicted molar refractivity (Wildman–Crippen MR) is 81.5 cm³/mol. The highest BCUT2D eigenvalue weighted by Crippen LogP contribution is 2.31. The van der Waals surface area contributed by atoms with Crippen molar-refractivity contribution in [3.8, 4) is 11.6 Å². The minimum absolute atomic E-state index is 0.464. The number of imidazole rings is 1. The lowest BCUT2D eigenvalue weighted by Gasteiger charge is -2.10. The number of rotatable bonds is 3. The summed E-state index contributed by atoms with van der Waals surface area (Å²) in [7, 11) is 1.82. The van der Waals surface area contributed by atoms with Gasteiger partial charge < -0.3 is 10.1 Å². The van der Waals surface area contributed by atoms with Crippen molar-refractivity contribution in [1.29, 1.82) is 0 Å². The van der Waals surface area contributed by atoms with Crippen LogP contribution in [0.4, 0.5) is 5.82 Å². The van der Waals surface area contributed by atoms with Crippen molar-refractivity contribution in [3.63, 3.8) is 0 Å². The van der Waals surface area contributed by atoms with E-state index in [2.05, 4.69) is 31.2 Å². The number of anilines is 1. The second-order valence-electron chi connectivity index (χ2n) is 4.38. The molecule has 20 heavy (non-hydrogen) atoms. The number of aromatic nitrogens is 3. The second kappa shape index (κ2) is 5.13. The Bertz CT molecular complexity index is 769. The van der Waals surface area contributed by atoms with E-state index in [4.69, 9.17) is 4.74 Å². The van der Waals surface area contributed by atoms with E-state index in [-0.39, 0.29) is 0 Å². The molecule has 2 heterocycles. The Hall–Kier alpha value is -2.08. The minimum Gasteiger partial charge on any atom is -0.435 e. The van der Waals surface area contributed by atoms with Crippen LogP contribution in [-0.4, -0.2) is 21.4 Å². The summed E-state index contributed by atoms with van der Waals surface area (Å²) in [6.07, 6.45) is 5.43. The highest BCUT2D eigenvalue weighted by molar-refractivity contribution is 9.10. The average Bonchev–Trinajstić information content (AvgIpc) is 2.90. The summed E-state index contributed by atoms with van der Waals surface area (Å²) in [5.74, 6) is 1.89. The summed E-state index contributed by atoms with van der Waals surface area (Å²) < 4.78 is 8.66. The number of ether oxygens (including phenoxy) is 1. The van der Waals surface area contributed by atoms with E-state index in [1.807, 2.05) is 49.0 Å². The van der Waals surface area contributed by atoms with Crippen molar-refractivity contribution in [3.05, 3.63) is 46.8 Å². The Labute approximate surface area is 124 Å². The molecular weight excluding hydrogens is 320 g/mol. The number of hydrogen-bond acceptors (Lipinski definition) is 4. The van der Waals surface area contributed by atoms with Gasteiger partial charge in [-0.3, -0.25) is 4.40 Å². The molecule has 0 saturated heterocycles. The molecule has 0 aliphatic heterocycles. The van der Waals surface area contributed by atoms with Crippen molar-refractivity contribution < 1.29 is 4.74 Å². The molecule has 1 N–H and O–H groups in total. The monoisotopic (exact) mass is 332 g/mol. The molecule has 3 rings (SSSR count). The Morgan fingerprint density at radius 1 is 1.35 bits per heavy atom. The molecule has 0 unspecified atom stereocenters. The molecule has 3 aromatic rings. The van der Waals surface area contributed by atoms with Crippen LogP contribution in [0.15, 0.2) is 41.3 Å². The lowest BCUT2D eigenvalue weighted by Crippen LogP contribution is -2.00. The highest BCUT2D eigenvalue weighted by Gasteiger charge is 2.11. The van der Waals surface area contributed by atoms with E-state index >= 15 is 0 Å². The fourth-order valence-corrected chi connectivity index (χ4v) is 2.46. The van der Waals surface area contributed by atoms with E-state index in [1.165, 1.54) is 0 Å². The number of hydrogen-bond donors (Lipinski definition) is 1. The average molecular weight is 333 g/mol. The van der Waals surface area contributed by atoms with Gasteiger partial charge in [-0.1, -0.05) is 6.07 Å². The van der Waals surface area contributed by atoms with E-state index in [1.54, 1.807) is 6.20 Å². The molecule has 2 aromatic heterocycles. The number of halogens is 1. The van der Waals surface area contributed by atoms with Gasteiger partial charge in [0.15, 0.2) is 0 Å². The summed E-state index contributed by atoms with van der Waals surface area (Å²) in [5.41, 5.74) is 1.84. The van der Waals surface area contributed by atoms with Crippen LogP contribution in [-0.2, 0) is 0 Å². The van der Waals surface area contributed by atoms with Crippen LogP contribution >= 0.6 is 15.9 Å². The molecule has 6 heteroatoms. The fraction of sp³-hybridized carbons (Fsp3) is 0.143. The third-order valence-electron chi connectivity index (χ3n) is 2.89. The molecule has 5 nitrogen and oxygen atoms in total. The summed E-state index contributed by atoms with van der Waals surface area (Å²) in [6, 6.07) is 5.90. The molecule has 0 bridgehead atoms. The first-order valence-corrected chi connectivity index (χ1v) is 6.92. The largest absolute Gasteiger partial charge is 0.435 e. The lowest BCUT2D eigenvalue weighted by molar-refractivity contribution is 0.463. The molecule has 0 spiro atoms. The maximum absolute atomic E-state index is 5.90. The normalized spacial score (nSPS) is 10.8. The van der Waals surface area contributed by atoms with Gasteiger partial charge in [-0.15, -0.1) is 0 Å². The summed E-state index contributed by atoms with van der Waals surface area (Å²) in [5, 5.41) is 3.01. The SMILES string of the molecule is CNc1cn2ccnc2c(Oc2ccc(C)cc2Br)n1. The molecule has 0 saturated carbocycles. The van der Waals surface area contributed by atoms with E-state index < -0.39 is 0 Å². The number of fused-ring (bicyclic) bond motifs is 1. The van der Waals surface area contributed by atoms with Gasteiger partial charge in [0.2, 0.25) is 5.65 Å². The summed E-state index contributed by atoms with van der Waals surface area (Å²) >= 11 is 3.50. The van der Waals surface area contributed by atoms with Crippen LogP contribution in [0, 0.1) is 6.92 Å². The zero-order valence-corrected chi connectivity index (χ0v) is 12.7. The lowest BCUT2D eigenvalue weighted by atomic mass is 10.2. The van der Waals surface area contributed by atoms with Crippen molar-refractivity contribution in [2.75, 3.05) is 12.4 Å². The topological polar surface area (TPSA) is 51.5 Å². The predicted octanol–water partition coefficient (Wildman–Crippen LogP) is 3.63. The van der Waals surface area contributed by atoms with Gasteiger partial charge in [0, 0.05) is 19.4 Å². The standard InChI is InChI=1S/C14H13BrN4O/c1-9-3-4-11(10(15)7-9)20-14-13-17-5-6-19(13)8-12(16-2)18-14/h3-8,16H,1-2H3. The Kier molecular flexibility index (Phi) is 3.31. The van der Waals surface area contributed by atoms with Gasteiger partial charge in [0.05, 0.1) is 10.7 Å². The molecule has 0 aliphatic carbocycles. The van der Waals surface area contributed by atoms with Crippen LogP contribution in [0.2, 0.25) is 0 Å². The van der Waals surface area contributed by atoms with Gasteiger partial charge in [0.1, 0.15) is 11.6 Å². The molecule has 102 valence electrons. The number of benzene rings is 1. The Morgan fingerprint density at radius 2 is 2.20 bits per heavy atom. The van der Waals surface area contributed by atoms with Gasteiger partial charge in [-0.25, -0.2) is 4.98 Å². The highest BCUT2D eigenvalue weighted by atomic mass is 79.9. The molecule has 0 radical (unpaired) electrons. The first-order valence-electron chi connectivity index (χ1n) is 6.13. The molecule has 0 aliphatic rings. The third-order valence-corrected chi connectivity index (χ3v) is 3.51. The zero-order valence-electron chi connectivity index (χ0n) is 11.1. The van der Waals surface area contributed by atoms with Gasteiger partial charge in [0.25, 0.3) is 5.88 Å². The molecule has 1 aromatic carbocycles. The van der Waals surface area contributed by atoms with Crippen molar-refractivity contribution in [2.45, 2.75) is 6.92 Å². The number of aryl methyl sites for hydroxylation is 1. The van der Waals surface area contributed by atoms with Gasteiger partial charge in [-0.05, 0) is 40.5 Å². The van der Waals surface area contributed by atoms with Crippen molar-refractivity contribution >= 4 is 27.4 Å². The molecular formula is C14H13BrN4O. The third kappa shape index (κ3) is 2.34. The Morgan fingerprint density at radius 3 is 2.95 bits per heavy atom. The van der Waals surface area contributed by atoms with Crippen LogP contribution < -0.4 is 10.1 Å². The minimum atomic E-state index is 0.464. The second-order valence-corrected chi connectivity index (χ2v) is 5.23. The van der Waals surface area contributed by atoms with E-state index in [9.17, 15) is 0 Å². The van der Waals surface area contributed by atoms with Crippen LogP contribution in [0.5, 0.6) is 11.6 Å². The molecule has 0 amide bonds. The first kappa shape index (κ1) is 12.9. The summed E-state index contributed by atoms with van der Waals surface area (Å²) in [6.45, 7) is 2.03. The molecule has 0 atom stereocenters. The van der Waals surface area contributed by atoms with Crippen LogP contribution in [0.1, 0.15) is 5.56 Å². The quantitative estimate of drug-likeness (QED) is 0.795. The summed E-state index contributed by atoms with van der Waals surface area (Å²) in [4.78, 5) is 8.68. The van der Waals surface area contributed by atoms with Crippen molar-refractivity contribution in [2.24, 2.45) is 0 Å². The number of nitrogens with one attached hydrogen (secondary N) is 1. The smallest absolute Gasteiger partial charge is 0.265 e. The Balaban J connectivity index is 2.07. The van der Waals surface area contributed by atoms with Gasteiger partial charge in [-0.2, -0.15) is 4.98 Å².